The highest BCUT2D eigenvalue weighted by Crippen LogP contribution is 2.05. The minimum Gasteiger partial charge on any atom is -0.382 e. The Morgan fingerprint density at radius 3 is 2.79 bits per heavy atom. The van der Waals surface area contributed by atoms with E-state index in [1.807, 2.05) is 31.5 Å². The molecule has 0 saturated heterocycles. The minimum atomic E-state index is 0.304. The Morgan fingerprint density at radius 1 is 1.57 bits per heavy atom. The second-order valence-electron chi connectivity index (χ2n) is 3.71. The zero-order valence-corrected chi connectivity index (χ0v) is 9.16. The lowest BCUT2D eigenvalue weighted by molar-refractivity contribution is 0.0742. The molecule has 2 N–H and O–H groups in total. The molecule has 0 aliphatic heterocycles. The van der Waals surface area contributed by atoms with Gasteiger partial charge >= 0.3 is 0 Å². The lowest BCUT2D eigenvalue weighted by Crippen LogP contribution is -2.09. The molecule has 14 heavy (non-hydrogen) atoms. The van der Waals surface area contributed by atoms with E-state index >= 15 is 0 Å². The first kappa shape index (κ1) is 11.0. The van der Waals surface area contributed by atoms with Gasteiger partial charge < -0.3 is 10.5 Å². The van der Waals surface area contributed by atoms with Gasteiger partial charge in [-0.05, 0) is 27.2 Å². The summed E-state index contributed by atoms with van der Waals surface area (Å²) in [5, 5.41) is 4.17. The van der Waals surface area contributed by atoms with E-state index in [2.05, 4.69) is 5.10 Å². The standard InChI is InChI=1S/C10H19N3O/c1-8(2)14-6-4-5-13-9(3)7-10(11)12-13/h7-8H,4-6H2,1-3H3,(H2,11,12). The fraction of sp³-hybridized carbons (Fsp3) is 0.700. The monoisotopic (exact) mass is 197 g/mol. The van der Waals surface area contributed by atoms with Gasteiger partial charge in [0.1, 0.15) is 5.82 Å². The molecule has 0 unspecified atom stereocenters. The quantitative estimate of drug-likeness (QED) is 0.729. The van der Waals surface area contributed by atoms with Crippen molar-refractivity contribution < 1.29 is 4.74 Å². The van der Waals surface area contributed by atoms with Gasteiger partial charge in [0.15, 0.2) is 0 Å². The van der Waals surface area contributed by atoms with Crippen LogP contribution >= 0.6 is 0 Å². The van der Waals surface area contributed by atoms with E-state index < -0.39 is 0 Å². The third-order valence-electron chi connectivity index (χ3n) is 1.97. The molecule has 4 nitrogen and oxygen atoms in total. The molecule has 0 aliphatic rings. The predicted octanol–water partition coefficient (Wildman–Crippen LogP) is 1.59. The van der Waals surface area contributed by atoms with E-state index in [1.165, 1.54) is 0 Å². The van der Waals surface area contributed by atoms with Gasteiger partial charge in [-0.1, -0.05) is 0 Å². The predicted molar refractivity (Wildman–Crippen MR) is 57.1 cm³/mol. The third kappa shape index (κ3) is 3.38. The van der Waals surface area contributed by atoms with Crippen LogP contribution in [-0.4, -0.2) is 22.5 Å². The average Bonchev–Trinajstić information content (AvgIpc) is 2.39. The lowest BCUT2D eigenvalue weighted by atomic mass is 10.4. The number of aromatic nitrogens is 2. The second-order valence-corrected chi connectivity index (χ2v) is 3.71. The second kappa shape index (κ2) is 5.00. The number of aryl methyl sites for hydroxylation is 2. The van der Waals surface area contributed by atoms with Crippen LogP contribution in [-0.2, 0) is 11.3 Å². The zero-order valence-electron chi connectivity index (χ0n) is 9.16. The number of anilines is 1. The number of nitrogen functional groups attached to an aromatic ring is 1. The van der Waals surface area contributed by atoms with Crippen LogP contribution in [0.2, 0.25) is 0 Å². The third-order valence-corrected chi connectivity index (χ3v) is 1.97. The summed E-state index contributed by atoms with van der Waals surface area (Å²) < 4.78 is 7.35. The van der Waals surface area contributed by atoms with Crippen molar-refractivity contribution in [1.29, 1.82) is 0 Å². The Labute approximate surface area is 85.0 Å². The number of rotatable bonds is 5. The van der Waals surface area contributed by atoms with Crippen molar-refractivity contribution in [3.8, 4) is 0 Å². The normalized spacial score (nSPS) is 11.1. The molecule has 1 heterocycles. The van der Waals surface area contributed by atoms with Crippen LogP contribution in [0.15, 0.2) is 6.07 Å². The molecular formula is C10H19N3O. The van der Waals surface area contributed by atoms with Gasteiger partial charge in [-0.25, -0.2) is 0 Å². The maximum atomic E-state index is 5.57. The molecule has 0 aromatic carbocycles. The van der Waals surface area contributed by atoms with E-state index in [-0.39, 0.29) is 0 Å². The molecule has 1 aromatic rings. The maximum absolute atomic E-state index is 5.57. The van der Waals surface area contributed by atoms with E-state index in [0.29, 0.717) is 11.9 Å². The SMILES string of the molecule is Cc1cc(N)nn1CCCOC(C)C. The molecule has 1 rings (SSSR count). The summed E-state index contributed by atoms with van der Waals surface area (Å²) in [6.07, 6.45) is 1.28. The molecule has 0 aliphatic carbocycles. The summed E-state index contributed by atoms with van der Waals surface area (Å²) in [5.74, 6) is 0.590. The van der Waals surface area contributed by atoms with Gasteiger partial charge in [-0.2, -0.15) is 5.10 Å². The maximum Gasteiger partial charge on any atom is 0.145 e. The Hall–Kier alpha value is -1.03. The molecule has 0 saturated carbocycles. The number of nitrogens with two attached hydrogens (primary N) is 1. The topological polar surface area (TPSA) is 53.1 Å². The Balaban J connectivity index is 2.28. The van der Waals surface area contributed by atoms with Crippen LogP contribution in [0.25, 0.3) is 0 Å². The van der Waals surface area contributed by atoms with Crippen molar-refractivity contribution in [2.45, 2.75) is 39.8 Å². The van der Waals surface area contributed by atoms with Crippen molar-refractivity contribution in [2.75, 3.05) is 12.3 Å². The zero-order chi connectivity index (χ0) is 10.6. The molecule has 1 aromatic heterocycles. The fourth-order valence-electron chi connectivity index (χ4n) is 1.30. The van der Waals surface area contributed by atoms with E-state index in [9.17, 15) is 0 Å². The molecule has 0 atom stereocenters. The van der Waals surface area contributed by atoms with Gasteiger partial charge in [0.2, 0.25) is 0 Å². The highest BCUT2D eigenvalue weighted by atomic mass is 16.5. The number of nitrogens with zero attached hydrogens (tertiary/aromatic N) is 2. The van der Waals surface area contributed by atoms with Gasteiger partial charge in [-0.3, -0.25) is 4.68 Å². The largest absolute Gasteiger partial charge is 0.382 e. The first-order chi connectivity index (χ1) is 6.59. The number of hydrogen-bond acceptors (Lipinski definition) is 3. The van der Waals surface area contributed by atoms with Crippen LogP contribution in [0.3, 0.4) is 0 Å². The molecule has 80 valence electrons. The van der Waals surface area contributed by atoms with Gasteiger partial charge in [0.25, 0.3) is 0 Å². The van der Waals surface area contributed by atoms with Crippen LogP contribution in [0.5, 0.6) is 0 Å². The van der Waals surface area contributed by atoms with Crippen molar-refractivity contribution in [1.82, 2.24) is 9.78 Å². The smallest absolute Gasteiger partial charge is 0.145 e. The molecule has 0 radical (unpaired) electrons. The molecule has 0 amide bonds. The van der Waals surface area contributed by atoms with Crippen LogP contribution in [0, 0.1) is 6.92 Å². The molecule has 0 fully saturated rings. The van der Waals surface area contributed by atoms with E-state index in [0.717, 1.165) is 25.3 Å². The first-order valence-corrected chi connectivity index (χ1v) is 5.01. The highest BCUT2D eigenvalue weighted by molar-refractivity contribution is 5.28. The molecular weight excluding hydrogens is 178 g/mol. The Morgan fingerprint density at radius 2 is 2.29 bits per heavy atom. The van der Waals surface area contributed by atoms with Crippen LogP contribution in [0.1, 0.15) is 26.0 Å². The summed E-state index contributed by atoms with van der Waals surface area (Å²) in [6, 6.07) is 1.88. The summed E-state index contributed by atoms with van der Waals surface area (Å²) in [5.41, 5.74) is 6.67. The lowest BCUT2D eigenvalue weighted by Gasteiger charge is -2.07. The van der Waals surface area contributed by atoms with Crippen LogP contribution < -0.4 is 5.73 Å². The number of hydrogen-bond donors (Lipinski definition) is 1. The highest BCUT2D eigenvalue weighted by Gasteiger charge is 2.00. The first-order valence-electron chi connectivity index (χ1n) is 5.01. The summed E-state index contributed by atoms with van der Waals surface area (Å²) in [6.45, 7) is 7.73. The van der Waals surface area contributed by atoms with Gasteiger partial charge in [-0.15, -0.1) is 0 Å². The fourth-order valence-corrected chi connectivity index (χ4v) is 1.30. The Bertz CT molecular complexity index is 281. The van der Waals surface area contributed by atoms with Crippen molar-refractivity contribution in [3.63, 3.8) is 0 Å². The molecule has 0 bridgehead atoms. The van der Waals surface area contributed by atoms with Crippen molar-refractivity contribution in [2.24, 2.45) is 0 Å². The minimum absolute atomic E-state index is 0.304. The number of ether oxygens (including phenoxy) is 1. The van der Waals surface area contributed by atoms with Crippen molar-refractivity contribution >= 4 is 5.82 Å². The van der Waals surface area contributed by atoms with Gasteiger partial charge in [0, 0.05) is 24.9 Å². The summed E-state index contributed by atoms with van der Waals surface area (Å²) >= 11 is 0. The van der Waals surface area contributed by atoms with Gasteiger partial charge in [0.05, 0.1) is 6.10 Å². The summed E-state index contributed by atoms with van der Waals surface area (Å²) in [4.78, 5) is 0. The average molecular weight is 197 g/mol. The Kier molecular flexibility index (Phi) is 3.95. The summed E-state index contributed by atoms with van der Waals surface area (Å²) in [7, 11) is 0. The van der Waals surface area contributed by atoms with E-state index in [1.54, 1.807) is 0 Å². The molecule has 0 spiro atoms. The van der Waals surface area contributed by atoms with Crippen LogP contribution in [0.4, 0.5) is 5.82 Å². The van der Waals surface area contributed by atoms with E-state index in [4.69, 9.17) is 10.5 Å². The molecule has 4 heteroatoms. The van der Waals surface area contributed by atoms with Crippen molar-refractivity contribution in [3.05, 3.63) is 11.8 Å².